The van der Waals surface area contributed by atoms with E-state index < -0.39 is 11.7 Å². The van der Waals surface area contributed by atoms with Gasteiger partial charge in [-0.05, 0) is 57.3 Å². The summed E-state index contributed by atoms with van der Waals surface area (Å²) in [4.78, 5) is 16.9. The summed E-state index contributed by atoms with van der Waals surface area (Å²) in [5.74, 6) is -0.563. The third-order valence-corrected chi connectivity index (χ3v) is 5.26. The third kappa shape index (κ3) is 4.00. The highest BCUT2D eigenvalue weighted by atomic mass is 19.4. The second-order valence-corrected chi connectivity index (χ2v) is 7.48. The van der Waals surface area contributed by atoms with Gasteiger partial charge in [0.05, 0.1) is 5.56 Å². The number of likely N-dealkylation sites (tertiary alicyclic amines) is 1. The topological polar surface area (TPSA) is 23.6 Å². The first-order valence-electron chi connectivity index (χ1n) is 8.90. The second kappa shape index (κ2) is 6.98. The number of benzene rings is 1. The lowest BCUT2D eigenvalue weighted by molar-refractivity contribution is -0.139. The van der Waals surface area contributed by atoms with Crippen molar-refractivity contribution < 1.29 is 18.0 Å². The first kappa shape index (κ1) is 18.2. The summed E-state index contributed by atoms with van der Waals surface area (Å²) in [5, 5.41) is 0. The van der Waals surface area contributed by atoms with Gasteiger partial charge in [0.2, 0.25) is 5.91 Å². The van der Waals surface area contributed by atoms with Crippen molar-refractivity contribution in [2.45, 2.75) is 43.8 Å². The minimum absolute atomic E-state index is 0.0357. The standard InChI is InChI=1S/C19H25F3N2O/c1-23(2)12-13-7-5-6-10-24(13)18(25)16-11-15(16)14-8-3-4-9-17(14)19(20,21)22/h3-4,8-9,13,15-16H,5-7,10-12H2,1-2H3/t13-,15-,16-/m0/s1. The van der Waals surface area contributed by atoms with Crippen molar-refractivity contribution in [1.29, 1.82) is 0 Å². The number of nitrogens with zero attached hydrogens (tertiary/aromatic N) is 2. The average molecular weight is 354 g/mol. The van der Waals surface area contributed by atoms with Crippen LogP contribution in [0, 0.1) is 5.92 Å². The van der Waals surface area contributed by atoms with Crippen LogP contribution in [0.4, 0.5) is 13.2 Å². The summed E-state index contributed by atoms with van der Waals surface area (Å²) >= 11 is 0. The maximum absolute atomic E-state index is 13.2. The lowest BCUT2D eigenvalue weighted by atomic mass is 9.99. The van der Waals surface area contributed by atoms with Gasteiger partial charge in [0, 0.05) is 25.0 Å². The van der Waals surface area contributed by atoms with Gasteiger partial charge in [-0.3, -0.25) is 4.79 Å². The van der Waals surface area contributed by atoms with Crippen molar-refractivity contribution in [3.8, 4) is 0 Å². The van der Waals surface area contributed by atoms with Crippen molar-refractivity contribution in [2.24, 2.45) is 5.92 Å². The Labute approximate surface area is 146 Å². The molecule has 1 amide bonds. The van der Waals surface area contributed by atoms with E-state index in [4.69, 9.17) is 0 Å². The smallest absolute Gasteiger partial charge is 0.338 e. The molecule has 1 aliphatic carbocycles. The molecule has 1 aromatic carbocycles. The van der Waals surface area contributed by atoms with Crippen molar-refractivity contribution in [2.75, 3.05) is 27.2 Å². The van der Waals surface area contributed by atoms with Gasteiger partial charge in [0.25, 0.3) is 0 Å². The molecule has 6 heteroatoms. The first-order valence-corrected chi connectivity index (χ1v) is 8.90. The number of amides is 1. The van der Waals surface area contributed by atoms with E-state index in [-0.39, 0.29) is 29.3 Å². The minimum Gasteiger partial charge on any atom is -0.338 e. The zero-order chi connectivity index (χ0) is 18.2. The molecule has 3 nitrogen and oxygen atoms in total. The molecule has 0 aromatic heterocycles. The van der Waals surface area contributed by atoms with E-state index in [1.807, 2.05) is 19.0 Å². The summed E-state index contributed by atoms with van der Waals surface area (Å²) in [7, 11) is 3.97. The Morgan fingerprint density at radius 1 is 1.24 bits per heavy atom. The van der Waals surface area contributed by atoms with Crippen LogP contribution in [-0.4, -0.2) is 48.9 Å². The van der Waals surface area contributed by atoms with E-state index in [1.165, 1.54) is 12.1 Å². The number of piperidine rings is 1. The van der Waals surface area contributed by atoms with Crippen molar-refractivity contribution in [1.82, 2.24) is 9.80 Å². The Balaban J connectivity index is 1.74. The van der Waals surface area contributed by atoms with Gasteiger partial charge in [-0.2, -0.15) is 13.2 Å². The maximum atomic E-state index is 13.2. The van der Waals surface area contributed by atoms with Crippen molar-refractivity contribution >= 4 is 5.91 Å². The Bertz CT molecular complexity index is 629. The van der Waals surface area contributed by atoms with Crippen LogP contribution in [0.5, 0.6) is 0 Å². The fourth-order valence-electron chi connectivity index (χ4n) is 4.01. The Kier molecular flexibility index (Phi) is 5.09. The number of carbonyl (C=O) groups excluding carboxylic acids is 1. The monoisotopic (exact) mass is 354 g/mol. The Hall–Kier alpha value is -1.56. The summed E-state index contributed by atoms with van der Waals surface area (Å²) in [6.07, 6.45) is -0.789. The quantitative estimate of drug-likeness (QED) is 0.822. The van der Waals surface area contributed by atoms with E-state index in [1.54, 1.807) is 6.07 Å². The largest absolute Gasteiger partial charge is 0.416 e. The van der Waals surface area contributed by atoms with Gasteiger partial charge in [-0.1, -0.05) is 18.2 Å². The van der Waals surface area contributed by atoms with E-state index >= 15 is 0 Å². The summed E-state index contributed by atoms with van der Waals surface area (Å²) in [6, 6.07) is 5.85. The van der Waals surface area contributed by atoms with E-state index in [9.17, 15) is 18.0 Å². The van der Waals surface area contributed by atoms with E-state index in [2.05, 4.69) is 4.90 Å². The molecule has 3 atom stereocenters. The third-order valence-electron chi connectivity index (χ3n) is 5.26. The Morgan fingerprint density at radius 3 is 2.64 bits per heavy atom. The van der Waals surface area contributed by atoms with Gasteiger partial charge in [-0.25, -0.2) is 0 Å². The lowest BCUT2D eigenvalue weighted by Crippen LogP contribution is -2.49. The molecule has 1 heterocycles. The molecule has 1 aliphatic heterocycles. The van der Waals surface area contributed by atoms with Gasteiger partial charge >= 0.3 is 6.18 Å². The molecule has 0 bridgehead atoms. The molecule has 1 saturated carbocycles. The van der Waals surface area contributed by atoms with Crippen LogP contribution in [0.25, 0.3) is 0 Å². The molecular formula is C19H25F3N2O. The van der Waals surface area contributed by atoms with Crippen LogP contribution < -0.4 is 0 Å². The Morgan fingerprint density at radius 2 is 1.96 bits per heavy atom. The van der Waals surface area contributed by atoms with Gasteiger partial charge < -0.3 is 9.80 Å². The number of hydrogen-bond donors (Lipinski definition) is 0. The van der Waals surface area contributed by atoms with Gasteiger partial charge in [0.15, 0.2) is 0 Å². The van der Waals surface area contributed by atoms with Gasteiger partial charge in [-0.15, -0.1) is 0 Å². The van der Waals surface area contributed by atoms with Crippen molar-refractivity contribution in [3.63, 3.8) is 0 Å². The predicted octanol–water partition coefficient (Wildman–Crippen LogP) is 3.75. The highest BCUT2D eigenvalue weighted by molar-refractivity contribution is 5.83. The number of rotatable bonds is 4. The van der Waals surface area contributed by atoms with Crippen LogP contribution >= 0.6 is 0 Å². The zero-order valence-electron chi connectivity index (χ0n) is 14.7. The molecule has 138 valence electrons. The SMILES string of the molecule is CN(C)C[C@@H]1CCCCN1C(=O)[C@H]1C[C@H]1c1ccccc1C(F)(F)F. The predicted molar refractivity (Wildman–Crippen MR) is 90.2 cm³/mol. The highest BCUT2D eigenvalue weighted by Gasteiger charge is 2.50. The van der Waals surface area contributed by atoms with E-state index in [0.29, 0.717) is 6.42 Å². The normalized spacial score (nSPS) is 26.8. The second-order valence-electron chi connectivity index (χ2n) is 7.48. The number of likely N-dealkylation sites (N-methyl/N-ethyl adjacent to an activating group) is 1. The van der Waals surface area contributed by atoms with Crippen molar-refractivity contribution in [3.05, 3.63) is 35.4 Å². The van der Waals surface area contributed by atoms with Crippen LogP contribution in [0.2, 0.25) is 0 Å². The molecule has 0 N–H and O–H groups in total. The fourth-order valence-corrected chi connectivity index (χ4v) is 4.01. The van der Waals surface area contributed by atoms with Gasteiger partial charge in [0.1, 0.15) is 0 Å². The molecule has 0 spiro atoms. The number of hydrogen-bond acceptors (Lipinski definition) is 2. The van der Waals surface area contributed by atoms with E-state index in [0.717, 1.165) is 38.4 Å². The highest BCUT2D eigenvalue weighted by Crippen LogP contribution is 2.52. The molecule has 2 aliphatic rings. The molecule has 3 rings (SSSR count). The zero-order valence-corrected chi connectivity index (χ0v) is 14.7. The van der Waals surface area contributed by atoms with Crippen LogP contribution in [-0.2, 0) is 11.0 Å². The lowest BCUT2D eigenvalue weighted by Gasteiger charge is -2.37. The number of carbonyl (C=O) groups is 1. The molecule has 1 aromatic rings. The number of halogens is 3. The minimum atomic E-state index is -4.37. The summed E-state index contributed by atoms with van der Waals surface area (Å²) in [6.45, 7) is 1.53. The molecular weight excluding hydrogens is 329 g/mol. The first-order chi connectivity index (χ1) is 11.8. The maximum Gasteiger partial charge on any atom is 0.416 e. The van der Waals surface area contributed by atoms with Crippen LogP contribution in [0.3, 0.4) is 0 Å². The molecule has 1 saturated heterocycles. The molecule has 0 unspecified atom stereocenters. The van der Waals surface area contributed by atoms with Crippen LogP contribution in [0.1, 0.15) is 42.7 Å². The summed E-state index contributed by atoms with van der Waals surface area (Å²) in [5.41, 5.74) is -0.326. The summed E-state index contributed by atoms with van der Waals surface area (Å²) < 4.78 is 39.7. The molecule has 25 heavy (non-hydrogen) atoms. The van der Waals surface area contributed by atoms with Crippen LogP contribution in [0.15, 0.2) is 24.3 Å². The molecule has 0 radical (unpaired) electrons. The molecule has 2 fully saturated rings. The number of alkyl halides is 3. The fraction of sp³-hybridized carbons (Fsp3) is 0.632. The average Bonchev–Trinajstić information content (AvgIpc) is 3.34.